The topological polar surface area (TPSA) is 83.0 Å². The number of imide groups is 1. The van der Waals surface area contributed by atoms with Crippen LogP contribution in [0, 0.1) is 0 Å². The molecular weight excluding hydrogens is 306 g/mol. The van der Waals surface area contributed by atoms with E-state index >= 15 is 0 Å². The van der Waals surface area contributed by atoms with Crippen LogP contribution in [0.5, 0.6) is 0 Å². The third-order valence-electron chi connectivity index (χ3n) is 4.24. The van der Waals surface area contributed by atoms with Gasteiger partial charge in [-0.05, 0) is 32.1 Å². The van der Waals surface area contributed by atoms with Gasteiger partial charge in [-0.25, -0.2) is 19.5 Å². The molecule has 2 aliphatic rings. The molecule has 0 spiro atoms. The van der Waals surface area contributed by atoms with E-state index in [9.17, 15) is 14.7 Å². The second kappa shape index (κ2) is 6.62. The molecule has 1 aliphatic carbocycles. The van der Waals surface area contributed by atoms with E-state index in [-0.39, 0.29) is 12.1 Å². The van der Waals surface area contributed by atoms with E-state index in [0.29, 0.717) is 31.2 Å². The number of anilines is 1. The van der Waals surface area contributed by atoms with Gasteiger partial charge in [-0.1, -0.05) is 0 Å². The van der Waals surface area contributed by atoms with Gasteiger partial charge in [-0.3, -0.25) is 4.90 Å². The summed E-state index contributed by atoms with van der Waals surface area (Å²) in [5.41, 5.74) is 0. The number of aromatic nitrogens is 1. The molecule has 0 aromatic carbocycles. The number of carbonyl (C=O) groups is 2. The van der Waals surface area contributed by atoms with Crippen molar-refractivity contribution in [3.63, 3.8) is 0 Å². The zero-order valence-corrected chi connectivity index (χ0v) is 13.0. The summed E-state index contributed by atoms with van der Waals surface area (Å²) in [6.45, 7) is 1.16. The lowest BCUT2D eigenvalue weighted by molar-refractivity contribution is 0.0812. The van der Waals surface area contributed by atoms with Crippen molar-refractivity contribution in [2.24, 2.45) is 0 Å². The fraction of sp³-hybridized carbons (Fsp3) is 0.643. The Kier molecular flexibility index (Phi) is 4.58. The summed E-state index contributed by atoms with van der Waals surface area (Å²) in [5.74, 6) is 0. The molecule has 7 nitrogen and oxygen atoms in total. The Morgan fingerprint density at radius 3 is 2.45 bits per heavy atom. The van der Waals surface area contributed by atoms with Crippen LogP contribution in [0.2, 0.25) is 0 Å². The van der Waals surface area contributed by atoms with Crippen LogP contribution >= 0.6 is 11.3 Å². The number of thiazole rings is 1. The van der Waals surface area contributed by atoms with Crippen LogP contribution in [-0.4, -0.2) is 52.4 Å². The van der Waals surface area contributed by atoms with E-state index in [1.165, 1.54) is 11.3 Å². The van der Waals surface area contributed by atoms with E-state index in [1.54, 1.807) is 16.5 Å². The van der Waals surface area contributed by atoms with Gasteiger partial charge in [-0.15, -0.1) is 11.3 Å². The van der Waals surface area contributed by atoms with Gasteiger partial charge in [0.15, 0.2) is 5.13 Å². The Hall–Kier alpha value is -1.67. The Balaban J connectivity index is 1.86. The number of urea groups is 1. The van der Waals surface area contributed by atoms with E-state index in [4.69, 9.17) is 4.74 Å². The third kappa shape index (κ3) is 2.93. The molecular formula is C14H19N3O4S. The lowest BCUT2D eigenvalue weighted by Crippen LogP contribution is -2.56. The summed E-state index contributed by atoms with van der Waals surface area (Å²) in [6.07, 6.45) is 4.31. The molecule has 1 aliphatic heterocycles. The summed E-state index contributed by atoms with van der Waals surface area (Å²) >= 11 is 1.35. The molecule has 2 fully saturated rings. The lowest BCUT2D eigenvalue weighted by Gasteiger charge is -2.39. The zero-order chi connectivity index (χ0) is 15.5. The number of ether oxygens (including phenoxy) is 1. The molecule has 1 aromatic rings. The van der Waals surface area contributed by atoms with Crippen LogP contribution < -0.4 is 4.90 Å². The molecule has 22 heavy (non-hydrogen) atoms. The van der Waals surface area contributed by atoms with Crippen LogP contribution in [0.1, 0.15) is 32.1 Å². The van der Waals surface area contributed by atoms with E-state index in [0.717, 1.165) is 24.2 Å². The highest BCUT2D eigenvalue weighted by Gasteiger charge is 2.40. The van der Waals surface area contributed by atoms with Gasteiger partial charge in [0.05, 0.1) is 0 Å². The van der Waals surface area contributed by atoms with Crippen molar-refractivity contribution in [2.75, 3.05) is 18.1 Å². The Bertz CT molecular complexity index is 526. The highest BCUT2D eigenvalue weighted by Crippen LogP contribution is 2.30. The summed E-state index contributed by atoms with van der Waals surface area (Å²) in [4.78, 5) is 31.2. The second-order valence-electron chi connectivity index (χ2n) is 5.55. The fourth-order valence-corrected chi connectivity index (χ4v) is 3.53. The quantitative estimate of drug-likeness (QED) is 0.924. The Labute approximate surface area is 132 Å². The molecule has 1 N–H and O–H groups in total. The molecule has 1 aromatic heterocycles. The largest absolute Gasteiger partial charge is 0.465 e. The summed E-state index contributed by atoms with van der Waals surface area (Å²) in [7, 11) is 0. The predicted octanol–water partition coefficient (Wildman–Crippen LogP) is 2.78. The Morgan fingerprint density at radius 1 is 1.23 bits per heavy atom. The first kappa shape index (κ1) is 15.2. The molecule has 120 valence electrons. The van der Waals surface area contributed by atoms with Crippen molar-refractivity contribution < 1.29 is 19.4 Å². The van der Waals surface area contributed by atoms with Gasteiger partial charge in [-0.2, -0.15) is 0 Å². The number of carboxylic acid groups (broad SMARTS) is 1. The molecule has 2 heterocycles. The van der Waals surface area contributed by atoms with Crippen molar-refractivity contribution in [3.8, 4) is 0 Å². The normalized spacial score (nSPS) is 19.5. The minimum atomic E-state index is -1.18. The predicted molar refractivity (Wildman–Crippen MR) is 81.3 cm³/mol. The van der Waals surface area contributed by atoms with Crippen molar-refractivity contribution >= 4 is 28.6 Å². The molecule has 8 heteroatoms. The van der Waals surface area contributed by atoms with E-state index in [2.05, 4.69) is 4.98 Å². The van der Waals surface area contributed by atoms with E-state index < -0.39 is 12.1 Å². The van der Waals surface area contributed by atoms with Gasteiger partial charge >= 0.3 is 12.1 Å². The van der Waals surface area contributed by atoms with Crippen molar-refractivity contribution in [2.45, 2.75) is 44.2 Å². The number of carbonyl (C=O) groups excluding carboxylic acids is 1. The molecule has 1 saturated heterocycles. The zero-order valence-electron chi connectivity index (χ0n) is 12.2. The van der Waals surface area contributed by atoms with Gasteiger partial charge < -0.3 is 9.84 Å². The van der Waals surface area contributed by atoms with Crippen LogP contribution in [0.25, 0.3) is 0 Å². The molecule has 0 radical (unpaired) electrons. The van der Waals surface area contributed by atoms with Crippen LogP contribution in [0.3, 0.4) is 0 Å². The van der Waals surface area contributed by atoms with Gasteiger partial charge in [0.1, 0.15) is 0 Å². The minimum Gasteiger partial charge on any atom is -0.465 e. The Morgan fingerprint density at radius 2 is 1.95 bits per heavy atom. The number of nitrogens with zero attached hydrogens (tertiary/aromatic N) is 3. The van der Waals surface area contributed by atoms with Gasteiger partial charge in [0.25, 0.3) is 0 Å². The molecule has 0 bridgehead atoms. The molecule has 3 amide bonds. The maximum Gasteiger partial charge on any atom is 0.415 e. The summed E-state index contributed by atoms with van der Waals surface area (Å²) < 4.78 is 5.35. The molecule has 1 saturated carbocycles. The average molecular weight is 325 g/mol. The van der Waals surface area contributed by atoms with Crippen LogP contribution in [0.4, 0.5) is 14.7 Å². The lowest BCUT2D eigenvalue weighted by atomic mass is 9.92. The number of rotatable bonds is 3. The van der Waals surface area contributed by atoms with Crippen LogP contribution in [-0.2, 0) is 4.74 Å². The maximum absolute atomic E-state index is 12.9. The highest BCUT2D eigenvalue weighted by atomic mass is 32.1. The smallest absolute Gasteiger partial charge is 0.415 e. The monoisotopic (exact) mass is 325 g/mol. The van der Waals surface area contributed by atoms with Crippen molar-refractivity contribution in [1.82, 2.24) is 9.88 Å². The summed E-state index contributed by atoms with van der Waals surface area (Å²) in [5, 5.41) is 11.8. The average Bonchev–Trinajstić information content (AvgIpc) is 2.97. The maximum atomic E-state index is 12.9. The third-order valence-corrected chi connectivity index (χ3v) is 5.01. The number of hydrogen-bond donors (Lipinski definition) is 1. The molecule has 3 rings (SSSR count). The van der Waals surface area contributed by atoms with Gasteiger partial charge in [0.2, 0.25) is 0 Å². The first-order chi connectivity index (χ1) is 10.7. The summed E-state index contributed by atoms with van der Waals surface area (Å²) in [6, 6.07) is -0.735. The highest BCUT2D eigenvalue weighted by molar-refractivity contribution is 7.13. The molecule has 0 atom stereocenters. The number of amides is 3. The van der Waals surface area contributed by atoms with Crippen molar-refractivity contribution in [1.29, 1.82) is 0 Å². The first-order valence-electron chi connectivity index (χ1n) is 7.51. The fourth-order valence-electron chi connectivity index (χ4n) is 2.83. The SMILES string of the molecule is O=C(O)N(C(=O)N(c1nccs1)C1CCOCC1)C1CCC1. The van der Waals surface area contributed by atoms with Crippen LogP contribution in [0.15, 0.2) is 11.6 Å². The first-order valence-corrected chi connectivity index (χ1v) is 8.39. The second-order valence-corrected chi connectivity index (χ2v) is 6.42. The minimum absolute atomic E-state index is 0.0608. The molecule has 0 unspecified atom stereocenters. The number of hydrogen-bond acceptors (Lipinski definition) is 5. The standard InChI is InChI=1S/C14H19N3O4S/c18-13(17(14(19)20)10-2-1-3-10)16(12-15-6-9-22-12)11-4-7-21-8-5-11/h6,9-11H,1-5,7-8H2,(H,19,20). The van der Waals surface area contributed by atoms with Crippen molar-refractivity contribution in [3.05, 3.63) is 11.6 Å². The van der Waals surface area contributed by atoms with E-state index in [1.807, 2.05) is 0 Å². The van der Waals surface area contributed by atoms with Gasteiger partial charge in [0, 0.05) is 36.9 Å².